The highest BCUT2D eigenvalue weighted by Gasteiger charge is 2.50. The van der Waals surface area contributed by atoms with E-state index < -0.39 is 5.60 Å². The zero-order chi connectivity index (χ0) is 21.7. The van der Waals surface area contributed by atoms with Gasteiger partial charge in [0.1, 0.15) is 5.75 Å². The van der Waals surface area contributed by atoms with Crippen molar-refractivity contribution in [3.63, 3.8) is 0 Å². The normalized spacial score (nSPS) is 27.8. The van der Waals surface area contributed by atoms with Crippen LogP contribution in [0.25, 0.3) is 0 Å². The van der Waals surface area contributed by atoms with Gasteiger partial charge in [0.15, 0.2) is 5.78 Å². The maximum atomic E-state index is 12.9. The van der Waals surface area contributed by atoms with E-state index in [-0.39, 0.29) is 23.0 Å². The molecule has 0 aromatic heterocycles. The third kappa shape index (κ3) is 3.91. The average molecular weight is 408 g/mol. The van der Waals surface area contributed by atoms with Crippen LogP contribution >= 0.6 is 0 Å². The van der Waals surface area contributed by atoms with E-state index in [0.29, 0.717) is 17.4 Å². The average Bonchev–Trinajstić information content (AvgIpc) is 3.22. The van der Waals surface area contributed by atoms with Gasteiger partial charge in [-0.15, -0.1) is 0 Å². The van der Waals surface area contributed by atoms with Gasteiger partial charge < -0.3 is 10.2 Å². The first-order valence-electron chi connectivity index (χ1n) is 11.0. The largest absolute Gasteiger partial charge is 0.508 e. The van der Waals surface area contributed by atoms with Gasteiger partial charge in [-0.05, 0) is 72.4 Å². The zero-order valence-corrected chi connectivity index (χ0v) is 18.4. The quantitative estimate of drug-likeness (QED) is 0.733. The van der Waals surface area contributed by atoms with Crippen molar-refractivity contribution in [3.8, 4) is 5.75 Å². The summed E-state index contributed by atoms with van der Waals surface area (Å²) in [5.74, 6) is 1.08. The first kappa shape index (κ1) is 21.1. The molecule has 1 heterocycles. The second kappa shape index (κ2) is 7.51. The van der Waals surface area contributed by atoms with Gasteiger partial charge >= 0.3 is 0 Å². The molecule has 4 heteroatoms. The van der Waals surface area contributed by atoms with Crippen molar-refractivity contribution in [1.29, 1.82) is 0 Å². The van der Waals surface area contributed by atoms with Crippen molar-refractivity contribution < 1.29 is 15.0 Å². The molecule has 0 unspecified atom stereocenters. The zero-order valence-electron chi connectivity index (χ0n) is 18.4. The fourth-order valence-electron chi connectivity index (χ4n) is 5.25. The topological polar surface area (TPSA) is 60.8 Å². The number of nitrogens with zero attached hydrogens (tertiary/aromatic N) is 1. The van der Waals surface area contributed by atoms with Crippen LogP contribution < -0.4 is 0 Å². The summed E-state index contributed by atoms with van der Waals surface area (Å²) in [5.41, 5.74) is 2.27. The van der Waals surface area contributed by atoms with Crippen LogP contribution in [-0.4, -0.2) is 40.0 Å². The fourth-order valence-corrected chi connectivity index (χ4v) is 5.25. The molecule has 0 radical (unpaired) electrons. The lowest BCUT2D eigenvalue weighted by Gasteiger charge is -2.29. The molecule has 30 heavy (non-hydrogen) atoms. The molecule has 0 bridgehead atoms. The van der Waals surface area contributed by atoms with Crippen molar-refractivity contribution in [1.82, 2.24) is 4.90 Å². The van der Waals surface area contributed by atoms with Crippen LogP contribution in [0.4, 0.5) is 0 Å². The molecule has 0 spiro atoms. The number of carbonyl (C=O) groups is 1. The van der Waals surface area contributed by atoms with Gasteiger partial charge in [-0.2, -0.15) is 0 Å². The second-order valence-electron chi connectivity index (χ2n) is 10.3. The summed E-state index contributed by atoms with van der Waals surface area (Å²) in [7, 11) is 0. The number of fused-ring (bicyclic) bond motifs is 1. The Morgan fingerprint density at radius 1 is 1.00 bits per heavy atom. The van der Waals surface area contributed by atoms with Gasteiger partial charge in [0.25, 0.3) is 0 Å². The number of aromatic hydroxyl groups is 1. The molecule has 1 saturated carbocycles. The SMILES string of the molecule is C[C@H](C(=O)c1ccc(O)cc1)N1C[C@@H]2C[C@@](O)(c3ccc(C(C)(C)C)cc3)C[C@@H]2C1. The smallest absolute Gasteiger partial charge is 0.179 e. The minimum absolute atomic E-state index is 0.0861. The predicted octanol–water partition coefficient (Wildman–Crippen LogP) is 4.49. The molecule has 0 amide bonds. The third-order valence-electron chi connectivity index (χ3n) is 7.17. The number of ketones is 1. The predicted molar refractivity (Wildman–Crippen MR) is 119 cm³/mol. The highest BCUT2D eigenvalue weighted by atomic mass is 16.3. The van der Waals surface area contributed by atoms with Crippen molar-refractivity contribution in [3.05, 3.63) is 65.2 Å². The van der Waals surface area contributed by atoms with Gasteiger partial charge in [-0.3, -0.25) is 9.69 Å². The Hall–Kier alpha value is -2.17. The molecule has 4 atom stereocenters. The van der Waals surface area contributed by atoms with E-state index in [4.69, 9.17) is 0 Å². The van der Waals surface area contributed by atoms with Crippen LogP contribution in [0.5, 0.6) is 5.75 Å². The Morgan fingerprint density at radius 3 is 2.03 bits per heavy atom. The van der Waals surface area contributed by atoms with Crippen molar-refractivity contribution in [2.45, 2.75) is 57.6 Å². The van der Waals surface area contributed by atoms with Gasteiger partial charge in [0.2, 0.25) is 0 Å². The molecule has 2 aliphatic rings. The lowest BCUT2D eigenvalue weighted by atomic mass is 9.84. The molecular weight excluding hydrogens is 374 g/mol. The Kier molecular flexibility index (Phi) is 5.27. The molecule has 2 fully saturated rings. The first-order valence-corrected chi connectivity index (χ1v) is 11.0. The maximum Gasteiger partial charge on any atom is 0.179 e. The number of likely N-dealkylation sites (tertiary alicyclic amines) is 1. The summed E-state index contributed by atoms with van der Waals surface area (Å²) < 4.78 is 0. The van der Waals surface area contributed by atoms with E-state index in [0.717, 1.165) is 31.5 Å². The van der Waals surface area contributed by atoms with E-state index in [1.54, 1.807) is 24.3 Å². The number of hydrogen-bond donors (Lipinski definition) is 2. The number of phenols is 1. The Morgan fingerprint density at radius 2 is 1.53 bits per heavy atom. The summed E-state index contributed by atoms with van der Waals surface area (Å²) in [6.07, 6.45) is 1.51. The van der Waals surface area contributed by atoms with E-state index in [1.807, 2.05) is 6.92 Å². The van der Waals surface area contributed by atoms with Crippen LogP contribution in [0.15, 0.2) is 48.5 Å². The van der Waals surface area contributed by atoms with Gasteiger partial charge in [-0.1, -0.05) is 45.0 Å². The first-order chi connectivity index (χ1) is 14.1. The van der Waals surface area contributed by atoms with E-state index in [2.05, 4.69) is 49.9 Å². The van der Waals surface area contributed by atoms with Crippen LogP contribution in [0.3, 0.4) is 0 Å². The Bertz CT molecular complexity index is 897. The summed E-state index contributed by atoms with van der Waals surface area (Å²) in [6.45, 7) is 10.3. The lowest BCUT2D eigenvalue weighted by molar-refractivity contribution is 0.0297. The third-order valence-corrected chi connectivity index (χ3v) is 7.17. The minimum atomic E-state index is -0.762. The fraction of sp³-hybridized carbons (Fsp3) is 0.500. The molecule has 4 rings (SSSR count). The molecule has 1 aliphatic heterocycles. The van der Waals surface area contributed by atoms with Crippen LogP contribution in [0.1, 0.15) is 62.0 Å². The molecule has 2 N–H and O–H groups in total. The van der Waals surface area contributed by atoms with E-state index >= 15 is 0 Å². The molecular formula is C26H33NO3. The van der Waals surface area contributed by atoms with Gasteiger partial charge in [0.05, 0.1) is 11.6 Å². The Balaban J connectivity index is 1.42. The minimum Gasteiger partial charge on any atom is -0.508 e. The molecule has 2 aromatic carbocycles. The van der Waals surface area contributed by atoms with Crippen LogP contribution in [-0.2, 0) is 11.0 Å². The van der Waals surface area contributed by atoms with E-state index in [9.17, 15) is 15.0 Å². The summed E-state index contributed by atoms with van der Waals surface area (Å²) >= 11 is 0. The number of hydrogen-bond acceptors (Lipinski definition) is 4. The van der Waals surface area contributed by atoms with Crippen molar-refractivity contribution >= 4 is 5.78 Å². The molecule has 4 nitrogen and oxygen atoms in total. The molecule has 1 saturated heterocycles. The Labute approximate surface area is 179 Å². The molecule has 2 aromatic rings. The lowest BCUT2D eigenvalue weighted by Crippen LogP contribution is -2.39. The molecule has 160 valence electrons. The van der Waals surface area contributed by atoms with Crippen molar-refractivity contribution in [2.75, 3.05) is 13.1 Å². The van der Waals surface area contributed by atoms with Crippen LogP contribution in [0, 0.1) is 11.8 Å². The highest BCUT2D eigenvalue weighted by molar-refractivity contribution is 5.99. The van der Waals surface area contributed by atoms with Gasteiger partial charge in [-0.25, -0.2) is 0 Å². The highest BCUT2D eigenvalue weighted by Crippen LogP contribution is 2.49. The second-order valence-corrected chi connectivity index (χ2v) is 10.3. The van der Waals surface area contributed by atoms with Crippen LogP contribution in [0.2, 0.25) is 0 Å². The van der Waals surface area contributed by atoms with Gasteiger partial charge in [0, 0.05) is 18.7 Å². The molecule has 1 aliphatic carbocycles. The monoisotopic (exact) mass is 407 g/mol. The van der Waals surface area contributed by atoms with Crippen molar-refractivity contribution in [2.24, 2.45) is 11.8 Å². The number of carbonyl (C=O) groups excluding carboxylic acids is 1. The number of aliphatic hydroxyl groups is 1. The summed E-state index contributed by atoms with van der Waals surface area (Å²) in [6, 6.07) is 14.8. The summed E-state index contributed by atoms with van der Waals surface area (Å²) in [5, 5.41) is 20.8. The maximum absolute atomic E-state index is 12.9. The number of rotatable bonds is 4. The number of phenolic OH excluding ortho intramolecular Hbond substituents is 1. The summed E-state index contributed by atoms with van der Waals surface area (Å²) in [4.78, 5) is 15.1. The number of benzene rings is 2. The standard InChI is InChI=1S/C26H33NO3/c1-17(24(29)18-5-11-23(28)12-6-18)27-15-19-13-26(30,14-20(19)16-27)22-9-7-21(8-10-22)25(2,3)4/h5-12,17,19-20,28,30H,13-16H2,1-4H3/t17-,19-,20+,26-/m1/s1. The van der Waals surface area contributed by atoms with E-state index in [1.165, 1.54) is 5.56 Å². The number of Topliss-reactive ketones (excluding diaryl/α,β-unsaturated/α-hetero) is 1.